The standard InChI is InChI=1S/C15H20N2O4/c1-19-12-6-10(7-13-14(12)21-9-20-13)8-16-4-5-17-15(18)11-2-3-11/h6-7,11,16H,2-5,8-9H2,1H3,(H,17,18). The molecule has 114 valence electrons. The molecule has 1 aliphatic carbocycles. The van der Waals surface area contributed by atoms with Crippen LogP contribution in [0.15, 0.2) is 12.1 Å². The Kier molecular flexibility index (Phi) is 4.15. The van der Waals surface area contributed by atoms with Gasteiger partial charge in [-0.05, 0) is 30.5 Å². The maximum atomic E-state index is 11.5. The third-order valence-corrected chi connectivity index (χ3v) is 3.60. The number of carbonyl (C=O) groups excluding carboxylic acids is 1. The monoisotopic (exact) mass is 292 g/mol. The second kappa shape index (κ2) is 6.22. The van der Waals surface area contributed by atoms with E-state index in [2.05, 4.69) is 10.6 Å². The van der Waals surface area contributed by atoms with Crippen molar-refractivity contribution >= 4 is 5.91 Å². The van der Waals surface area contributed by atoms with Crippen molar-refractivity contribution in [2.75, 3.05) is 27.0 Å². The lowest BCUT2D eigenvalue weighted by atomic mass is 10.2. The van der Waals surface area contributed by atoms with Crippen LogP contribution >= 0.6 is 0 Å². The van der Waals surface area contributed by atoms with Gasteiger partial charge < -0.3 is 24.8 Å². The van der Waals surface area contributed by atoms with Crippen LogP contribution in [0.25, 0.3) is 0 Å². The van der Waals surface area contributed by atoms with Crippen LogP contribution < -0.4 is 24.8 Å². The summed E-state index contributed by atoms with van der Waals surface area (Å²) in [5.41, 5.74) is 1.06. The average Bonchev–Trinajstić information content (AvgIpc) is 3.24. The van der Waals surface area contributed by atoms with Crippen LogP contribution in [0.2, 0.25) is 0 Å². The van der Waals surface area contributed by atoms with E-state index in [1.807, 2.05) is 12.1 Å². The highest BCUT2D eigenvalue weighted by atomic mass is 16.7. The molecule has 2 aliphatic rings. The van der Waals surface area contributed by atoms with Crippen molar-refractivity contribution in [2.45, 2.75) is 19.4 Å². The first kappa shape index (κ1) is 14.0. The number of benzene rings is 1. The summed E-state index contributed by atoms with van der Waals surface area (Å²) in [6.45, 7) is 2.30. The van der Waals surface area contributed by atoms with E-state index in [9.17, 15) is 4.79 Å². The van der Waals surface area contributed by atoms with Crippen molar-refractivity contribution in [3.8, 4) is 17.2 Å². The van der Waals surface area contributed by atoms with Crippen molar-refractivity contribution in [3.05, 3.63) is 17.7 Å². The fraction of sp³-hybridized carbons (Fsp3) is 0.533. The lowest BCUT2D eigenvalue weighted by Gasteiger charge is -2.10. The summed E-state index contributed by atoms with van der Waals surface area (Å²) in [6.07, 6.45) is 2.08. The normalized spacial score (nSPS) is 15.9. The molecule has 0 aromatic heterocycles. The summed E-state index contributed by atoms with van der Waals surface area (Å²) in [5.74, 6) is 2.51. The number of rotatable bonds is 7. The zero-order chi connectivity index (χ0) is 14.7. The minimum atomic E-state index is 0.182. The molecule has 6 heteroatoms. The van der Waals surface area contributed by atoms with Crippen LogP contribution in [0, 0.1) is 5.92 Å². The number of hydrogen-bond donors (Lipinski definition) is 2. The molecule has 0 saturated heterocycles. The van der Waals surface area contributed by atoms with Crippen LogP contribution in [0.1, 0.15) is 18.4 Å². The van der Waals surface area contributed by atoms with Crippen LogP contribution in [-0.2, 0) is 11.3 Å². The predicted octanol–water partition coefficient (Wildman–Crippen LogP) is 1.04. The SMILES string of the molecule is COc1cc(CNCCNC(=O)C2CC2)cc2c1OCO2. The van der Waals surface area contributed by atoms with Crippen LogP contribution in [0.3, 0.4) is 0 Å². The van der Waals surface area contributed by atoms with Crippen molar-refractivity contribution in [3.63, 3.8) is 0 Å². The van der Waals surface area contributed by atoms with Crippen LogP contribution in [-0.4, -0.2) is 32.9 Å². The van der Waals surface area contributed by atoms with Gasteiger partial charge in [-0.2, -0.15) is 0 Å². The molecule has 1 saturated carbocycles. The Morgan fingerprint density at radius 2 is 2.19 bits per heavy atom. The second-order valence-electron chi connectivity index (χ2n) is 5.27. The summed E-state index contributed by atoms with van der Waals surface area (Å²) >= 11 is 0. The van der Waals surface area contributed by atoms with E-state index in [1.54, 1.807) is 7.11 Å². The Bertz CT molecular complexity index is 529. The van der Waals surface area contributed by atoms with E-state index in [0.29, 0.717) is 30.3 Å². The molecule has 0 atom stereocenters. The van der Waals surface area contributed by atoms with Crippen molar-refractivity contribution in [1.82, 2.24) is 10.6 Å². The average molecular weight is 292 g/mol. The van der Waals surface area contributed by atoms with Crippen molar-refractivity contribution in [1.29, 1.82) is 0 Å². The molecule has 0 spiro atoms. The van der Waals surface area contributed by atoms with Gasteiger partial charge >= 0.3 is 0 Å². The molecule has 1 aromatic carbocycles. The van der Waals surface area contributed by atoms with Gasteiger partial charge in [-0.3, -0.25) is 4.79 Å². The Balaban J connectivity index is 1.45. The summed E-state index contributed by atoms with van der Waals surface area (Å²) in [5, 5.41) is 6.22. The smallest absolute Gasteiger partial charge is 0.231 e. The van der Waals surface area contributed by atoms with E-state index in [-0.39, 0.29) is 18.6 Å². The maximum Gasteiger partial charge on any atom is 0.231 e. The fourth-order valence-corrected chi connectivity index (χ4v) is 2.28. The van der Waals surface area contributed by atoms with Gasteiger partial charge in [-0.15, -0.1) is 0 Å². The van der Waals surface area contributed by atoms with Gasteiger partial charge in [0, 0.05) is 25.6 Å². The number of methoxy groups -OCH3 is 1. The molecular formula is C15H20N2O4. The number of carbonyl (C=O) groups is 1. The predicted molar refractivity (Wildman–Crippen MR) is 76.6 cm³/mol. The molecule has 0 bridgehead atoms. The van der Waals surface area contributed by atoms with Gasteiger partial charge in [0.25, 0.3) is 0 Å². The summed E-state index contributed by atoms with van der Waals surface area (Å²) in [6, 6.07) is 3.88. The molecule has 1 fully saturated rings. The number of amides is 1. The minimum absolute atomic E-state index is 0.182. The van der Waals surface area contributed by atoms with Gasteiger partial charge in [0.15, 0.2) is 11.5 Å². The van der Waals surface area contributed by atoms with Crippen molar-refractivity contribution in [2.24, 2.45) is 5.92 Å². The maximum absolute atomic E-state index is 11.5. The van der Waals surface area contributed by atoms with Crippen LogP contribution in [0.5, 0.6) is 17.2 Å². The van der Waals surface area contributed by atoms with Crippen molar-refractivity contribution < 1.29 is 19.0 Å². The lowest BCUT2D eigenvalue weighted by Crippen LogP contribution is -2.32. The van der Waals surface area contributed by atoms with Gasteiger partial charge in [-0.1, -0.05) is 0 Å². The molecule has 1 amide bonds. The molecule has 1 heterocycles. The second-order valence-corrected chi connectivity index (χ2v) is 5.27. The Morgan fingerprint density at radius 3 is 2.95 bits per heavy atom. The first-order valence-electron chi connectivity index (χ1n) is 7.23. The highest BCUT2D eigenvalue weighted by Gasteiger charge is 2.28. The molecule has 1 aromatic rings. The topological polar surface area (TPSA) is 68.8 Å². The van der Waals surface area contributed by atoms with Gasteiger partial charge in [-0.25, -0.2) is 0 Å². The zero-order valence-corrected chi connectivity index (χ0v) is 12.1. The summed E-state index contributed by atoms with van der Waals surface area (Å²) in [4.78, 5) is 11.5. The molecule has 2 N–H and O–H groups in total. The van der Waals surface area contributed by atoms with Gasteiger partial charge in [0.05, 0.1) is 7.11 Å². The fourth-order valence-electron chi connectivity index (χ4n) is 2.28. The van der Waals surface area contributed by atoms with E-state index < -0.39 is 0 Å². The number of fused-ring (bicyclic) bond motifs is 1. The van der Waals surface area contributed by atoms with E-state index in [4.69, 9.17) is 14.2 Å². The Hall–Kier alpha value is -1.95. The molecule has 1 aliphatic heterocycles. The number of hydrogen-bond acceptors (Lipinski definition) is 5. The Morgan fingerprint density at radius 1 is 1.33 bits per heavy atom. The first-order chi connectivity index (χ1) is 10.3. The summed E-state index contributed by atoms with van der Waals surface area (Å²) in [7, 11) is 1.61. The van der Waals surface area contributed by atoms with E-state index in [1.165, 1.54) is 0 Å². The Labute approximate surface area is 123 Å². The summed E-state index contributed by atoms with van der Waals surface area (Å²) < 4.78 is 16.0. The molecule has 6 nitrogen and oxygen atoms in total. The third kappa shape index (κ3) is 3.39. The first-order valence-corrected chi connectivity index (χ1v) is 7.23. The lowest BCUT2D eigenvalue weighted by molar-refractivity contribution is -0.122. The van der Waals surface area contributed by atoms with E-state index in [0.717, 1.165) is 24.9 Å². The molecule has 3 rings (SSSR count). The molecule has 0 radical (unpaired) electrons. The van der Waals surface area contributed by atoms with E-state index >= 15 is 0 Å². The molecule has 21 heavy (non-hydrogen) atoms. The third-order valence-electron chi connectivity index (χ3n) is 3.60. The largest absolute Gasteiger partial charge is 0.493 e. The highest BCUT2D eigenvalue weighted by Crippen LogP contribution is 2.41. The number of ether oxygens (including phenoxy) is 3. The van der Waals surface area contributed by atoms with Gasteiger partial charge in [0.1, 0.15) is 0 Å². The number of nitrogens with one attached hydrogen (secondary N) is 2. The van der Waals surface area contributed by atoms with Gasteiger partial charge in [0.2, 0.25) is 18.4 Å². The molecular weight excluding hydrogens is 272 g/mol. The zero-order valence-electron chi connectivity index (χ0n) is 12.1. The highest BCUT2D eigenvalue weighted by molar-refractivity contribution is 5.80. The van der Waals surface area contributed by atoms with Crippen LogP contribution in [0.4, 0.5) is 0 Å². The quantitative estimate of drug-likeness (QED) is 0.735. The minimum Gasteiger partial charge on any atom is -0.493 e. The molecule has 0 unspecified atom stereocenters.